The van der Waals surface area contributed by atoms with Crippen LogP contribution in [0.15, 0.2) is 24.3 Å². The highest BCUT2D eigenvalue weighted by Crippen LogP contribution is 2.17. The summed E-state index contributed by atoms with van der Waals surface area (Å²) in [5.74, 6) is 0.0400. The molecule has 1 heterocycles. The fourth-order valence-electron chi connectivity index (χ4n) is 2.37. The number of rotatable bonds is 4. The monoisotopic (exact) mass is 307 g/mol. The summed E-state index contributed by atoms with van der Waals surface area (Å²) in [6.45, 7) is 4.30. The maximum atomic E-state index is 12.3. The van der Waals surface area contributed by atoms with E-state index in [1.54, 1.807) is 4.90 Å². The Morgan fingerprint density at radius 3 is 2.73 bits per heavy atom. The summed E-state index contributed by atoms with van der Waals surface area (Å²) in [7, 11) is 1.30. The second-order valence-electron chi connectivity index (χ2n) is 5.31. The Morgan fingerprint density at radius 1 is 1.32 bits per heavy atom. The van der Waals surface area contributed by atoms with Crippen LogP contribution < -0.4 is 4.74 Å². The van der Waals surface area contributed by atoms with Gasteiger partial charge in [-0.3, -0.25) is 4.79 Å². The smallest absolute Gasteiger partial charge is 0.336 e. The van der Waals surface area contributed by atoms with Crippen molar-refractivity contribution in [3.63, 3.8) is 0 Å². The van der Waals surface area contributed by atoms with Crippen LogP contribution in [0.1, 0.15) is 12.5 Å². The van der Waals surface area contributed by atoms with Gasteiger partial charge in [-0.2, -0.15) is 0 Å². The highest BCUT2D eigenvalue weighted by molar-refractivity contribution is 5.80. The standard InChI is InChI=1S/C16H21NO5/c1-11-6-4-5-7-13(11)21-10-15(18)17-8-12(2)22-14(9-17)16(19)20-3/h4-7,12,14H,8-10H2,1-3H3/t12-,14-/m1/s1. The molecule has 0 N–H and O–H groups in total. The van der Waals surface area contributed by atoms with Gasteiger partial charge < -0.3 is 19.1 Å². The zero-order chi connectivity index (χ0) is 16.1. The van der Waals surface area contributed by atoms with E-state index in [4.69, 9.17) is 9.47 Å². The van der Waals surface area contributed by atoms with Gasteiger partial charge in [-0.15, -0.1) is 0 Å². The molecule has 1 aliphatic rings. The van der Waals surface area contributed by atoms with Gasteiger partial charge in [0.05, 0.1) is 19.8 Å². The van der Waals surface area contributed by atoms with Crippen LogP contribution in [0.25, 0.3) is 0 Å². The quantitative estimate of drug-likeness (QED) is 0.781. The summed E-state index contributed by atoms with van der Waals surface area (Å²) < 4.78 is 15.7. The molecule has 0 radical (unpaired) electrons. The van der Waals surface area contributed by atoms with Crippen molar-refractivity contribution < 1.29 is 23.8 Å². The first kappa shape index (κ1) is 16.3. The number of esters is 1. The van der Waals surface area contributed by atoms with Crippen LogP contribution in [0.3, 0.4) is 0 Å². The molecule has 1 amide bonds. The molecule has 1 saturated heterocycles. The zero-order valence-electron chi connectivity index (χ0n) is 13.1. The molecule has 0 aromatic heterocycles. The van der Waals surface area contributed by atoms with Crippen molar-refractivity contribution in [1.29, 1.82) is 0 Å². The fourth-order valence-corrected chi connectivity index (χ4v) is 2.37. The summed E-state index contributed by atoms with van der Waals surface area (Å²) in [6, 6.07) is 7.51. The van der Waals surface area contributed by atoms with Crippen molar-refractivity contribution in [2.45, 2.75) is 26.1 Å². The highest BCUT2D eigenvalue weighted by atomic mass is 16.6. The van der Waals surface area contributed by atoms with E-state index >= 15 is 0 Å². The van der Waals surface area contributed by atoms with E-state index in [1.807, 2.05) is 38.1 Å². The molecule has 6 nitrogen and oxygen atoms in total. The van der Waals surface area contributed by atoms with Gasteiger partial charge in [0, 0.05) is 6.54 Å². The lowest BCUT2D eigenvalue weighted by molar-refractivity contribution is -0.170. The molecular formula is C16H21NO5. The van der Waals surface area contributed by atoms with E-state index in [0.29, 0.717) is 12.3 Å². The number of hydrogen-bond acceptors (Lipinski definition) is 5. The van der Waals surface area contributed by atoms with Gasteiger partial charge in [0.2, 0.25) is 0 Å². The van der Waals surface area contributed by atoms with Crippen LogP contribution in [-0.4, -0.2) is 55.8 Å². The average molecular weight is 307 g/mol. The third-order valence-corrected chi connectivity index (χ3v) is 3.52. The van der Waals surface area contributed by atoms with Crippen molar-refractivity contribution in [3.05, 3.63) is 29.8 Å². The molecule has 0 spiro atoms. The molecule has 2 rings (SSSR count). The molecule has 1 fully saturated rings. The van der Waals surface area contributed by atoms with Gasteiger partial charge in [0.1, 0.15) is 5.75 Å². The lowest BCUT2D eigenvalue weighted by Gasteiger charge is -2.35. The maximum absolute atomic E-state index is 12.3. The lowest BCUT2D eigenvalue weighted by Crippen LogP contribution is -2.53. The molecule has 0 saturated carbocycles. The molecule has 120 valence electrons. The Hall–Kier alpha value is -2.08. The second kappa shape index (κ2) is 7.26. The third-order valence-electron chi connectivity index (χ3n) is 3.52. The summed E-state index contributed by atoms with van der Waals surface area (Å²) in [4.78, 5) is 25.4. The molecule has 1 aromatic carbocycles. The first-order valence-corrected chi connectivity index (χ1v) is 7.20. The molecule has 1 aliphatic heterocycles. The van der Waals surface area contributed by atoms with Gasteiger partial charge >= 0.3 is 5.97 Å². The SMILES string of the molecule is COC(=O)[C@H]1CN(C(=O)COc2ccccc2C)C[C@@H](C)O1. The predicted octanol–water partition coefficient (Wildman–Crippen LogP) is 1.16. The van der Waals surface area contributed by atoms with Crippen LogP contribution in [0.2, 0.25) is 0 Å². The van der Waals surface area contributed by atoms with Gasteiger partial charge in [-0.05, 0) is 25.5 Å². The summed E-state index contributed by atoms with van der Waals surface area (Å²) >= 11 is 0. The first-order chi connectivity index (χ1) is 10.5. The molecule has 2 atom stereocenters. The number of carbonyl (C=O) groups is 2. The van der Waals surface area contributed by atoms with Gasteiger partial charge in [0.15, 0.2) is 12.7 Å². The minimum absolute atomic E-state index is 0.0640. The predicted molar refractivity (Wildman–Crippen MR) is 79.6 cm³/mol. The number of nitrogens with zero attached hydrogens (tertiary/aromatic N) is 1. The fraction of sp³-hybridized carbons (Fsp3) is 0.500. The van der Waals surface area contributed by atoms with Gasteiger partial charge in [0.25, 0.3) is 5.91 Å². The summed E-state index contributed by atoms with van der Waals surface area (Å²) in [5, 5.41) is 0. The minimum atomic E-state index is -0.740. The van der Waals surface area contributed by atoms with Crippen molar-refractivity contribution in [2.24, 2.45) is 0 Å². The summed E-state index contributed by atoms with van der Waals surface area (Å²) in [5.41, 5.74) is 0.970. The number of methoxy groups -OCH3 is 1. The Morgan fingerprint density at radius 2 is 2.05 bits per heavy atom. The van der Waals surface area contributed by atoms with Crippen LogP contribution in [0.5, 0.6) is 5.75 Å². The normalized spacial score (nSPS) is 21.3. The number of amides is 1. The number of benzene rings is 1. The average Bonchev–Trinajstić information content (AvgIpc) is 2.52. The van der Waals surface area contributed by atoms with Crippen molar-refractivity contribution in [3.8, 4) is 5.75 Å². The van der Waals surface area contributed by atoms with Crippen LogP contribution >= 0.6 is 0 Å². The van der Waals surface area contributed by atoms with Crippen LogP contribution in [0, 0.1) is 6.92 Å². The van der Waals surface area contributed by atoms with Crippen LogP contribution in [0.4, 0.5) is 0 Å². The second-order valence-corrected chi connectivity index (χ2v) is 5.31. The van der Waals surface area contributed by atoms with Crippen molar-refractivity contribution in [2.75, 3.05) is 26.8 Å². The van der Waals surface area contributed by atoms with E-state index in [-0.39, 0.29) is 25.2 Å². The molecular weight excluding hydrogens is 286 g/mol. The van der Waals surface area contributed by atoms with Crippen molar-refractivity contribution >= 4 is 11.9 Å². The van der Waals surface area contributed by atoms with E-state index in [9.17, 15) is 9.59 Å². The Balaban J connectivity index is 1.94. The van der Waals surface area contributed by atoms with Crippen molar-refractivity contribution in [1.82, 2.24) is 4.90 Å². The number of ether oxygens (including phenoxy) is 3. The number of morpholine rings is 1. The highest BCUT2D eigenvalue weighted by Gasteiger charge is 2.33. The zero-order valence-corrected chi connectivity index (χ0v) is 13.1. The molecule has 22 heavy (non-hydrogen) atoms. The summed E-state index contributed by atoms with van der Waals surface area (Å²) in [6.07, 6.45) is -0.962. The minimum Gasteiger partial charge on any atom is -0.484 e. The third kappa shape index (κ3) is 3.98. The molecule has 6 heteroatoms. The molecule has 0 bridgehead atoms. The number of carbonyl (C=O) groups excluding carboxylic acids is 2. The number of aryl methyl sites for hydroxylation is 1. The van der Waals surface area contributed by atoms with E-state index in [0.717, 1.165) is 5.56 Å². The number of hydrogen-bond donors (Lipinski definition) is 0. The van der Waals surface area contributed by atoms with Crippen LogP contribution in [-0.2, 0) is 19.1 Å². The number of para-hydroxylation sites is 1. The lowest BCUT2D eigenvalue weighted by atomic mass is 10.2. The molecule has 1 aromatic rings. The van der Waals surface area contributed by atoms with E-state index < -0.39 is 12.1 Å². The topological polar surface area (TPSA) is 65.1 Å². The van der Waals surface area contributed by atoms with Gasteiger partial charge in [-0.25, -0.2) is 4.79 Å². The van der Waals surface area contributed by atoms with E-state index in [2.05, 4.69) is 4.74 Å². The maximum Gasteiger partial charge on any atom is 0.336 e. The molecule has 0 aliphatic carbocycles. The molecule has 0 unspecified atom stereocenters. The first-order valence-electron chi connectivity index (χ1n) is 7.20. The largest absolute Gasteiger partial charge is 0.484 e. The Bertz CT molecular complexity index is 545. The Labute approximate surface area is 129 Å². The van der Waals surface area contributed by atoms with Gasteiger partial charge in [-0.1, -0.05) is 18.2 Å². The van der Waals surface area contributed by atoms with E-state index in [1.165, 1.54) is 7.11 Å². The Kier molecular flexibility index (Phi) is 5.38.